The van der Waals surface area contributed by atoms with Crippen LogP contribution in [-0.2, 0) is 0 Å². The highest BCUT2D eigenvalue weighted by atomic mass is 79.9. The molecule has 0 fully saturated rings. The van der Waals surface area contributed by atoms with Crippen LogP contribution < -0.4 is 0 Å². The van der Waals surface area contributed by atoms with E-state index in [1.807, 2.05) is 0 Å². The molecule has 38 valence electrons. The molecule has 0 radical (unpaired) electrons. The highest BCUT2D eigenvalue weighted by Crippen LogP contribution is 2.13. The van der Waals surface area contributed by atoms with Gasteiger partial charge in [0.2, 0.25) is 5.22 Å². The fourth-order valence-electron chi connectivity index (χ4n) is 0.235. The minimum atomic E-state index is 0.298. The van der Waals surface area contributed by atoms with Gasteiger partial charge < -0.3 is 4.42 Å². The molecule has 0 N–H and O–H groups in total. The molecule has 4 heteroatoms. The summed E-state index contributed by atoms with van der Waals surface area (Å²) >= 11 is 8.27. The average Bonchev–Trinajstić information content (AvgIpc) is 1.87. The van der Waals surface area contributed by atoms with Crippen molar-refractivity contribution in [3.05, 3.63) is 16.2 Å². The third kappa shape index (κ3) is 1.17. The molecule has 7 heavy (non-hydrogen) atoms. The van der Waals surface area contributed by atoms with Gasteiger partial charge >= 0.3 is 0 Å². The van der Waals surface area contributed by atoms with E-state index in [4.69, 9.17) is 11.6 Å². The van der Waals surface area contributed by atoms with E-state index < -0.39 is 0 Å². The average molecular weight is 182 g/mol. The maximum Gasteiger partial charge on any atom is 0.265 e. The molecule has 0 aliphatic rings. The third-order valence-electron chi connectivity index (χ3n) is 0.449. The summed E-state index contributed by atoms with van der Waals surface area (Å²) in [6, 6.07) is 0. The van der Waals surface area contributed by atoms with E-state index >= 15 is 0 Å². The zero-order valence-electron chi connectivity index (χ0n) is 3.19. The lowest BCUT2D eigenvalue weighted by atomic mass is 11.0. The predicted molar refractivity (Wildman–Crippen MR) is 29.2 cm³/mol. The molecule has 1 aromatic rings. The Morgan fingerprint density at radius 3 is 2.71 bits per heavy atom. The SMILES string of the molecule is Clc1cnc(Br)o1. The molecular formula is C3HBrClNO. The molecule has 1 rings (SSSR count). The van der Waals surface area contributed by atoms with Gasteiger partial charge in [0, 0.05) is 15.9 Å². The van der Waals surface area contributed by atoms with Gasteiger partial charge in [0.15, 0.2) is 0 Å². The van der Waals surface area contributed by atoms with Crippen molar-refractivity contribution in [2.24, 2.45) is 0 Å². The monoisotopic (exact) mass is 181 g/mol. The van der Waals surface area contributed by atoms with Gasteiger partial charge in [0.1, 0.15) is 0 Å². The first-order valence-corrected chi connectivity index (χ1v) is 2.73. The molecule has 0 aliphatic carbocycles. The van der Waals surface area contributed by atoms with Crippen molar-refractivity contribution in [3.63, 3.8) is 0 Å². The number of oxazole rings is 1. The number of halogens is 2. The lowest BCUT2D eigenvalue weighted by Gasteiger charge is -1.69. The Morgan fingerprint density at radius 1 is 1.86 bits per heavy atom. The van der Waals surface area contributed by atoms with Crippen molar-refractivity contribution in [2.45, 2.75) is 0 Å². The van der Waals surface area contributed by atoms with Gasteiger partial charge in [-0.1, -0.05) is 0 Å². The summed E-state index contributed by atoms with van der Waals surface area (Å²) in [4.78, 5) is 4.05. The number of nitrogens with zero attached hydrogens (tertiary/aromatic N) is 1. The number of aromatic nitrogens is 1. The summed E-state index contributed by atoms with van der Waals surface area (Å²) < 4.78 is 4.65. The van der Waals surface area contributed by atoms with Crippen molar-refractivity contribution in [2.75, 3.05) is 0 Å². The van der Waals surface area contributed by atoms with Gasteiger partial charge in [-0.05, 0) is 11.6 Å². The summed E-state index contributed by atoms with van der Waals surface area (Å²) in [5.41, 5.74) is 0. The summed E-state index contributed by atoms with van der Waals surface area (Å²) in [7, 11) is 0. The first-order chi connectivity index (χ1) is 3.29. The molecule has 0 unspecified atom stereocenters. The van der Waals surface area contributed by atoms with E-state index in [1.165, 1.54) is 6.20 Å². The highest BCUT2D eigenvalue weighted by Gasteiger charge is 1.92. The molecule has 0 aliphatic heterocycles. The minimum Gasteiger partial charge on any atom is -0.419 e. The quantitative estimate of drug-likeness (QED) is 0.614. The molecule has 0 amide bonds. The number of hydrogen-bond acceptors (Lipinski definition) is 2. The normalized spacial score (nSPS) is 9.43. The molecule has 0 saturated carbocycles. The molecule has 0 aromatic carbocycles. The zero-order valence-corrected chi connectivity index (χ0v) is 5.53. The first kappa shape index (κ1) is 5.12. The first-order valence-electron chi connectivity index (χ1n) is 1.56. The Balaban J connectivity index is 3.04. The molecule has 0 saturated heterocycles. The van der Waals surface area contributed by atoms with Crippen LogP contribution in [0.15, 0.2) is 15.4 Å². The van der Waals surface area contributed by atoms with Crippen molar-refractivity contribution in [1.82, 2.24) is 4.98 Å². The Morgan fingerprint density at radius 2 is 2.57 bits per heavy atom. The van der Waals surface area contributed by atoms with Crippen molar-refractivity contribution in [3.8, 4) is 0 Å². The van der Waals surface area contributed by atoms with Crippen molar-refractivity contribution >= 4 is 27.5 Å². The lowest BCUT2D eigenvalue weighted by Crippen LogP contribution is -1.50. The van der Waals surface area contributed by atoms with Gasteiger partial charge in [0.05, 0.1) is 6.20 Å². The van der Waals surface area contributed by atoms with Crippen LogP contribution in [0, 0.1) is 0 Å². The van der Waals surface area contributed by atoms with Gasteiger partial charge in [0.25, 0.3) is 4.80 Å². The summed E-state index contributed by atoms with van der Waals surface area (Å²) in [6.07, 6.45) is 1.42. The number of hydrogen-bond donors (Lipinski definition) is 0. The molecule has 0 atom stereocenters. The van der Waals surface area contributed by atoms with Gasteiger partial charge in [-0.15, -0.1) is 0 Å². The van der Waals surface area contributed by atoms with Crippen LogP contribution in [0.1, 0.15) is 0 Å². The van der Waals surface area contributed by atoms with Crippen LogP contribution in [0.2, 0.25) is 5.22 Å². The van der Waals surface area contributed by atoms with Gasteiger partial charge in [-0.3, -0.25) is 0 Å². The highest BCUT2D eigenvalue weighted by molar-refractivity contribution is 9.10. The van der Waals surface area contributed by atoms with Gasteiger partial charge in [-0.2, -0.15) is 0 Å². The fourth-order valence-corrected chi connectivity index (χ4v) is 0.726. The van der Waals surface area contributed by atoms with Crippen LogP contribution in [0.25, 0.3) is 0 Å². The van der Waals surface area contributed by atoms with E-state index in [0.717, 1.165) is 0 Å². The Bertz CT molecular complexity index is 147. The van der Waals surface area contributed by atoms with Crippen LogP contribution in [0.3, 0.4) is 0 Å². The van der Waals surface area contributed by atoms with E-state index in [0.29, 0.717) is 10.0 Å². The van der Waals surface area contributed by atoms with E-state index in [2.05, 4.69) is 25.3 Å². The standard InChI is InChI=1S/C3HBrClNO/c4-3-6-1-2(5)7-3/h1H. The van der Waals surface area contributed by atoms with Gasteiger partial charge in [-0.25, -0.2) is 4.98 Å². The Hall–Kier alpha value is -0.0200. The molecule has 1 aromatic heterocycles. The molecule has 0 bridgehead atoms. The zero-order chi connectivity index (χ0) is 5.28. The molecular weight excluding hydrogens is 181 g/mol. The summed E-state index contributed by atoms with van der Waals surface area (Å²) in [6.45, 7) is 0. The minimum absolute atomic E-state index is 0.298. The molecule has 0 spiro atoms. The lowest BCUT2D eigenvalue weighted by molar-refractivity contribution is 0.530. The summed E-state index contributed by atoms with van der Waals surface area (Å²) in [5, 5.41) is 0.298. The summed E-state index contributed by atoms with van der Waals surface area (Å²) in [5.74, 6) is 0. The van der Waals surface area contributed by atoms with Crippen molar-refractivity contribution < 1.29 is 4.42 Å². The Labute approximate surface area is 53.6 Å². The maximum absolute atomic E-state index is 5.30. The fraction of sp³-hybridized carbons (Fsp3) is 0. The largest absolute Gasteiger partial charge is 0.419 e. The second-order valence-corrected chi connectivity index (χ2v) is 1.97. The van der Waals surface area contributed by atoms with Crippen molar-refractivity contribution in [1.29, 1.82) is 0 Å². The van der Waals surface area contributed by atoms with E-state index in [-0.39, 0.29) is 0 Å². The van der Waals surface area contributed by atoms with Crippen LogP contribution in [0.5, 0.6) is 0 Å². The second kappa shape index (κ2) is 1.84. The predicted octanol–water partition coefficient (Wildman–Crippen LogP) is 2.09. The van der Waals surface area contributed by atoms with E-state index in [9.17, 15) is 0 Å². The topological polar surface area (TPSA) is 26.0 Å². The second-order valence-electron chi connectivity index (χ2n) is 0.917. The Kier molecular flexibility index (Phi) is 1.35. The smallest absolute Gasteiger partial charge is 0.265 e. The van der Waals surface area contributed by atoms with Crippen LogP contribution in [0.4, 0.5) is 0 Å². The molecule has 1 heterocycles. The number of rotatable bonds is 0. The third-order valence-corrected chi connectivity index (χ3v) is 0.991. The van der Waals surface area contributed by atoms with Crippen LogP contribution in [-0.4, -0.2) is 4.98 Å². The maximum atomic E-state index is 5.30. The van der Waals surface area contributed by atoms with Crippen LogP contribution >= 0.6 is 27.5 Å². The molecule has 2 nitrogen and oxygen atoms in total. The van der Waals surface area contributed by atoms with E-state index in [1.54, 1.807) is 0 Å².